The van der Waals surface area contributed by atoms with Crippen molar-refractivity contribution in [3.05, 3.63) is 72.5 Å². The van der Waals surface area contributed by atoms with Gasteiger partial charge in [0.05, 0.1) is 11.4 Å². The molecule has 1 aromatic heterocycles. The van der Waals surface area contributed by atoms with E-state index < -0.39 is 0 Å². The lowest BCUT2D eigenvalue weighted by Gasteiger charge is -2.25. The molecule has 0 saturated carbocycles. The number of aryl methyl sites for hydroxylation is 1. The molecule has 0 aliphatic rings. The van der Waals surface area contributed by atoms with Crippen LogP contribution in [-0.2, 0) is 6.54 Å². The number of hydrogen-bond donors (Lipinski definition) is 2. The van der Waals surface area contributed by atoms with Crippen molar-refractivity contribution < 1.29 is 0 Å². The van der Waals surface area contributed by atoms with Crippen molar-refractivity contribution in [1.82, 2.24) is 4.98 Å². The van der Waals surface area contributed by atoms with E-state index in [-0.39, 0.29) is 0 Å². The van der Waals surface area contributed by atoms with Gasteiger partial charge >= 0.3 is 0 Å². The molecule has 0 aliphatic heterocycles. The van der Waals surface area contributed by atoms with Crippen LogP contribution in [0.1, 0.15) is 16.8 Å². The number of benzene rings is 1. The van der Waals surface area contributed by atoms with Crippen LogP contribution >= 0.6 is 0 Å². The fourth-order valence-corrected chi connectivity index (χ4v) is 2.61. The predicted molar refractivity (Wildman–Crippen MR) is 104 cm³/mol. The number of hydrogen-bond acceptors (Lipinski definition) is 4. The third kappa shape index (κ3) is 3.96. The first-order chi connectivity index (χ1) is 11.6. The Kier molecular flexibility index (Phi) is 6.01. The zero-order valence-corrected chi connectivity index (χ0v) is 14.5. The zero-order valence-electron chi connectivity index (χ0n) is 14.5. The van der Waals surface area contributed by atoms with E-state index in [1.165, 1.54) is 5.56 Å². The minimum atomic E-state index is 0.665. The highest BCUT2D eigenvalue weighted by Crippen LogP contribution is 2.33. The Morgan fingerprint density at radius 2 is 1.75 bits per heavy atom. The summed E-state index contributed by atoms with van der Waals surface area (Å²) in [6, 6.07) is 10.3. The average molecular weight is 322 g/mol. The monoisotopic (exact) mass is 322 g/mol. The molecule has 0 fully saturated rings. The first-order valence-corrected chi connectivity index (χ1v) is 8.09. The molecule has 0 spiro atoms. The summed E-state index contributed by atoms with van der Waals surface area (Å²) in [6.45, 7) is 13.7. The summed E-state index contributed by atoms with van der Waals surface area (Å²) in [5, 5.41) is 3.47. The molecule has 0 aliphatic carbocycles. The Balaban J connectivity index is 2.36. The average Bonchev–Trinajstić information content (AvgIpc) is 2.59. The first kappa shape index (κ1) is 17.6. The second-order valence-electron chi connectivity index (χ2n) is 5.76. The van der Waals surface area contributed by atoms with Crippen LogP contribution in [0, 0.1) is 13.8 Å². The zero-order chi connectivity index (χ0) is 17.5. The van der Waals surface area contributed by atoms with E-state index in [0.29, 0.717) is 18.8 Å². The molecular weight excluding hydrogens is 296 g/mol. The van der Waals surface area contributed by atoms with E-state index in [0.717, 1.165) is 29.3 Å². The lowest BCUT2D eigenvalue weighted by atomic mass is 10.1. The van der Waals surface area contributed by atoms with Gasteiger partial charge in [0, 0.05) is 25.3 Å². The quantitative estimate of drug-likeness (QED) is 0.719. The van der Waals surface area contributed by atoms with Crippen molar-refractivity contribution in [1.29, 1.82) is 0 Å². The summed E-state index contributed by atoms with van der Waals surface area (Å²) >= 11 is 0. The van der Waals surface area contributed by atoms with E-state index in [2.05, 4.69) is 35.5 Å². The van der Waals surface area contributed by atoms with Gasteiger partial charge in [0.1, 0.15) is 0 Å². The Morgan fingerprint density at radius 1 is 1.12 bits per heavy atom. The van der Waals surface area contributed by atoms with Crippen LogP contribution in [0.4, 0.5) is 17.2 Å². The lowest BCUT2D eigenvalue weighted by Crippen LogP contribution is -2.26. The normalized spacial score (nSPS) is 10.2. The standard InChI is InChI=1S/C20H26N4/c1-5-12-24(13-6-2)20-18(21)19(15(3)16(4)23-20)22-14-17-10-8-7-9-11-17/h5-11H,1-2,12-14,21H2,3-4H3,(H,22,23). The Morgan fingerprint density at radius 3 is 2.33 bits per heavy atom. The molecule has 4 heteroatoms. The summed E-state index contributed by atoms with van der Waals surface area (Å²) in [6.07, 6.45) is 3.69. The van der Waals surface area contributed by atoms with Gasteiger partial charge in [0.15, 0.2) is 5.82 Å². The number of nitrogens with two attached hydrogens (primary N) is 1. The van der Waals surface area contributed by atoms with Gasteiger partial charge in [-0.25, -0.2) is 4.98 Å². The van der Waals surface area contributed by atoms with Crippen LogP contribution in [0.2, 0.25) is 0 Å². The number of anilines is 3. The van der Waals surface area contributed by atoms with Gasteiger partial charge in [-0.1, -0.05) is 42.5 Å². The van der Waals surface area contributed by atoms with Crippen molar-refractivity contribution in [2.24, 2.45) is 0 Å². The second-order valence-corrected chi connectivity index (χ2v) is 5.76. The SMILES string of the molecule is C=CCN(CC=C)c1nc(C)c(C)c(NCc2ccccc2)c1N. The molecule has 0 amide bonds. The molecule has 1 heterocycles. The molecule has 1 aromatic carbocycles. The number of rotatable bonds is 8. The minimum Gasteiger partial charge on any atom is -0.394 e. The molecule has 0 atom stereocenters. The summed E-state index contributed by atoms with van der Waals surface area (Å²) < 4.78 is 0. The molecule has 2 rings (SSSR count). The number of pyridine rings is 1. The molecule has 126 valence electrons. The van der Waals surface area contributed by atoms with E-state index in [4.69, 9.17) is 10.7 Å². The predicted octanol–water partition coefficient (Wildman–Crippen LogP) is 4.07. The van der Waals surface area contributed by atoms with Crippen LogP contribution in [0.15, 0.2) is 55.6 Å². The first-order valence-electron chi connectivity index (χ1n) is 8.09. The number of nitrogens with one attached hydrogen (secondary N) is 1. The molecule has 0 radical (unpaired) electrons. The maximum absolute atomic E-state index is 6.44. The fraction of sp³-hybridized carbons (Fsp3) is 0.250. The number of aromatic nitrogens is 1. The van der Waals surface area contributed by atoms with Crippen LogP contribution in [0.5, 0.6) is 0 Å². The summed E-state index contributed by atoms with van der Waals surface area (Å²) in [7, 11) is 0. The van der Waals surface area contributed by atoms with Crippen molar-refractivity contribution in [2.75, 3.05) is 29.0 Å². The molecule has 2 aromatic rings. The molecule has 3 N–H and O–H groups in total. The van der Waals surface area contributed by atoms with Crippen LogP contribution in [0.3, 0.4) is 0 Å². The summed E-state index contributed by atoms with van der Waals surface area (Å²) in [4.78, 5) is 6.76. The Labute approximate surface area is 144 Å². The minimum absolute atomic E-state index is 0.665. The van der Waals surface area contributed by atoms with Gasteiger partial charge in [0.25, 0.3) is 0 Å². The maximum atomic E-state index is 6.44. The molecule has 4 nitrogen and oxygen atoms in total. The summed E-state index contributed by atoms with van der Waals surface area (Å²) in [5.41, 5.74) is 11.3. The highest BCUT2D eigenvalue weighted by Gasteiger charge is 2.17. The van der Waals surface area contributed by atoms with Gasteiger partial charge in [-0.3, -0.25) is 0 Å². The van der Waals surface area contributed by atoms with E-state index in [1.54, 1.807) is 0 Å². The van der Waals surface area contributed by atoms with Crippen LogP contribution < -0.4 is 16.0 Å². The van der Waals surface area contributed by atoms with Gasteiger partial charge in [-0.05, 0) is 25.0 Å². The van der Waals surface area contributed by atoms with Crippen molar-refractivity contribution in [2.45, 2.75) is 20.4 Å². The number of nitrogens with zero attached hydrogens (tertiary/aromatic N) is 2. The molecule has 0 bridgehead atoms. The molecule has 0 unspecified atom stereocenters. The van der Waals surface area contributed by atoms with E-state index in [1.807, 2.05) is 44.2 Å². The highest BCUT2D eigenvalue weighted by atomic mass is 15.2. The van der Waals surface area contributed by atoms with Crippen molar-refractivity contribution in [3.63, 3.8) is 0 Å². The lowest BCUT2D eigenvalue weighted by molar-refractivity contribution is 0.917. The van der Waals surface area contributed by atoms with Crippen LogP contribution in [0.25, 0.3) is 0 Å². The van der Waals surface area contributed by atoms with E-state index >= 15 is 0 Å². The summed E-state index contributed by atoms with van der Waals surface area (Å²) in [5.74, 6) is 0.772. The van der Waals surface area contributed by atoms with Gasteiger partial charge < -0.3 is 16.0 Å². The third-order valence-corrected chi connectivity index (χ3v) is 4.01. The van der Waals surface area contributed by atoms with E-state index in [9.17, 15) is 0 Å². The van der Waals surface area contributed by atoms with Gasteiger partial charge in [-0.15, -0.1) is 13.2 Å². The maximum Gasteiger partial charge on any atom is 0.154 e. The topological polar surface area (TPSA) is 54.2 Å². The van der Waals surface area contributed by atoms with Gasteiger partial charge in [-0.2, -0.15) is 0 Å². The molecular formula is C20H26N4. The van der Waals surface area contributed by atoms with Gasteiger partial charge in [0.2, 0.25) is 0 Å². The molecule has 24 heavy (non-hydrogen) atoms. The fourth-order valence-electron chi connectivity index (χ4n) is 2.61. The Bertz CT molecular complexity index is 697. The molecule has 0 saturated heterocycles. The second kappa shape index (κ2) is 8.20. The largest absolute Gasteiger partial charge is 0.394 e. The number of nitrogen functional groups attached to an aromatic ring is 1. The van der Waals surface area contributed by atoms with Crippen molar-refractivity contribution >= 4 is 17.2 Å². The smallest absolute Gasteiger partial charge is 0.154 e. The Hall–Kier alpha value is -2.75. The third-order valence-electron chi connectivity index (χ3n) is 4.01. The van der Waals surface area contributed by atoms with Crippen molar-refractivity contribution in [3.8, 4) is 0 Å². The highest BCUT2D eigenvalue weighted by molar-refractivity contribution is 5.81. The van der Waals surface area contributed by atoms with Crippen LogP contribution in [-0.4, -0.2) is 18.1 Å².